The van der Waals surface area contributed by atoms with Crippen LogP contribution in [0.1, 0.15) is 23.7 Å². The zero-order chi connectivity index (χ0) is 12.1. The van der Waals surface area contributed by atoms with E-state index in [1.807, 2.05) is 19.1 Å². The largest absolute Gasteiger partial charge is 0.364 e. The van der Waals surface area contributed by atoms with Crippen LogP contribution in [-0.4, -0.2) is 10.2 Å². The van der Waals surface area contributed by atoms with E-state index in [1.54, 1.807) is 0 Å². The molecule has 0 amide bonds. The number of aromatic nitrogens is 2. The highest BCUT2D eigenvalue weighted by Gasteiger charge is 2.00. The maximum Gasteiger partial charge on any atom is 0.148 e. The summed E-state index contributed by atoms with van der Waals surface area (Å²) in [4.78, 5) is 0. The number of aryl methyl sites for hydroxylation is 2. The van der Waals surface area contributed by atoms with E-state index in [-0.39, 0.29) is 0 Å². The van der Waals surface area contributed by atoms with Crippen LogP contribution >= 0.6 is 0 Å². The van der Waals surface area contributed by atoms with Gasteiger partial charge in [0.05, 0.1) is 5.69 Å². The molecule has 0 atom stereocenters. The molecule has 0 spiro atoms. The van der Waals surface area contributed by atoms with Crippen molar-refractivity contribution in [2.45, 2.75) is 26.8 Å². The van der Waals surface area contributed by atoms with E-state index in [2.05, 4.69) is 46.7 Å². The Kier molecular flexibility index (Phi) is 3.70. The van der Waals surface area contributed by atoms with E-state index < -0.39 is 0 Å². The third kappa shape index (κ3) is 3.03. The van der Waals surface area contributed by atoms with E-state index in [4.69, 9.17) is 0 Å². The Morgan fingerprint density at radius 2 is 1.76 bits per heavy atom. The standard InChI is InChI=1S/C14H17N3/c1-3-12-6-4-5-7-13(12)10-15-14-9-8-11(2)16-17-14/h4-9H,3,10H2,1-2H3,(H,15,17). The van der Waals surface area contributed by atoms with Crippen molar-refractivity contribution in [1.82, 2.24) is 10.2 Å². The van der Waals surface area contributed by atoms with Gasteiger partial charge in [0.2, 0.25) is 0 Å². The lowest BCUT2D eigenvalue weighted by atomic mass is 10.1. The lowest BCUT2D eigenvalue weighted by Crippen LogP contribution is -2.04. The molecular formula is C14H17N3. The predicted octanol–water partition coefficient (Wildman–Crippen LogP) is 2.96. The SMILES string of the molecule is CCc1ccccc1CNc1ccc(C)nn1. The monoisotopic (exact) mass is 227 g/mol. The number of nitrogens with one attached hydrogen (secondary N) is 1. The Hall–Kier alpha value is -1.90. The van der Waals surface area contributed by atoms with Crippen molar-refractivity contribution in [3.8, 4) is 0 Å². The summed E-state index contributed by atoms with van der Waals surface area (Å²) in [6.45, 7) is 4.90. The number of anilines is 1. The van der Waals surface area contributed by atoms with Crippen LogP contribution < -0.4 is 5.32 Å². The molecule has 0 aliphatic carbocycles. The Balaban J connectivity index is 2.04. The normalized spacial score (nSPS) is 10.2. The van der Waals surface area contributed by atoms with Gasteiger partial charge in [-0.2, -0.15) is 5.10 Å². The van der Waals surface area contributed by atoms with Crippen molar-refractivity contribution < 1.29 is 0 Å². The van der Waals surface area contributed by atoms with Crippen molar-refractivity contribution in [2.75, 3.05) is 5.32 Å². The fourth-order valence-electron chi connectivity index (χ4n) is 1.75. The van der Waals surface area contributed by atoms with Crippen molar-refractivity contribution in [2.24, 2.45) is 0 Å². The molecule has 17 heavy (non-hydrogen) atoms. The molecule has 2 aromatic rings. The predicted molar refractivity (Wildman–Crippen MR) is 69.9 cm³/mol. The minimum Gasteiger partial charge on any atom is -0.364 e. The van der Waals surface area contributed by atoms with Crippen LogP contribution in [0.15, 0.2) is 36.4 Å². The summed E-state index contributed by atoms with van der Waals surface area (Å²) in [5.74, 6) is 0.821. The summed E-state index contributed by atoms with van der Waals surface area (Å²) >= 11 is 0. The highest BCUT2D eigenvalue weighted by atomic mass is 15.2. The average Bonchev–Trinajstić information content (AvgIpc) is 2.38. The van der Waals surface area contributed by atoms with Crippen LogP contribution in [0, 0.1) is 6.92 Å². The number of benzene rings is 1. The van der Waals surface area contributed by atoms with Crippen LogP contribution in [0.3, 0.4) is 0 Å². The molecule has 0 saturated heterocycles. The summed E-state index contributed by atoms with van der Waals surface area (Å²) in [6.07, 6.45) is 1.05. The fourth-order valence-corrected chi connectivity index (χ4v) is 1.75. The number of hydrogen-bond donors (Lipinski definition) is 1. The average molecular weight is 227 g/mol. The lowest BCUT2D eigenvalue weighted by Gasteiger charge is -2.09. The Morgan fingerprint density at radius 3 is 2.41 bits per heavy atom. The van der Waals surface area contributed by atoms with Crippen LogP contribution in [0.4, 0.5) is 5.82 Å². The van der Waals surface area contributed by atoms with Crippen molar-refractivity contribution in [1.29, 1.82) is 0 Å². The molecule has 1 N–H and O–H groups in total. The lowest BCUT2D eigenvalue weighted by molar-refractivity contribution is 0.956. The molecule has 0 radical (unpaired) electrons. The molecule has 3 nitrogen and oxygen atoms in total. The van der Waals surface area contributed by atoms with E-state index in [0.717, 1.165) is 24.5 Å². The van der Waals surface area contributed by atoms with Crippen LogP contribution in [0.2, 0.25) is 0 Å². The highest BCUT2D eigenvalue weighted by molar-refractivity contribution is 5.36. The topological polar surface area (TPSA) is 37.8 Å². The number of hydrogen-bond acceptors (Lipinski definition) is 3. The van der Waals surface area contributed by atoms with E-state index >= 15 is 0 Å². The second kappa shape index (κ2) is 5.43. The maximum absolute atomic E-state index is 4.09. The van der Waals surface area contributed by atoms with Gasteiger partial charge in [-0.3, -0.25) is 0 Å². The first-order valence-corrected chi connectivity index (χ1v) is 5.90. The Morgan fingerprint density at radius 1 is 1.00 bits per heavy atom. The zero-order valence-electron chi connectivity index (χ0n) is 10.3. The summed E-state index contributed by atoms with van der Waals surface area (Å²) in [7, 11) is 0. The number of nitrogens with zero attached hydrogens (tertiary/aromatic N) is 2. The molecule has 0 saturated carbocycles. The summed E-state index contributed by atoms with van der Waals surface area (Å²) in [6, 6.07) is 12.4. The third-order valence-electron chi connectivity index (χ3n) is 2.76. The van der Waals surface area contributed by atoms with Gasteiger partial charge in [0.1, 0.15) is 5.82 Å². The maximum atomic E-state index is 4.09. The van der Waals surface area contributed by atoms with E-state index in [9.17, 15) is 0 Å². The smallest absolute Gasteiger partial charge is 0.148 e. The summed E-state index contributed by atoms with van der Waals surface area (Å²) in [5.41, 5.74) is 3.63. The van der Waals surface area contributed by atoms with E-state index in [1.165, 1.54) is 11.1 Å². The molecule has 1 aromatic carbocycles. The van der Waals surface area contributed by atoms with Gasteiger partial charge >= 0.3 is 0 Å². The van der Waals surface area contributed by atoms with Crippen molar-refractivity contribution in [3.05, 3.63) is 53.2 Å². The van der Waals surface area contributed by atoms with Crippen LogP contribution in [0.25, 0.3) is 0 Å². The zero-order valence-corrected chi connectivity index (χ0v) is 10.3. The van der Waals surface area contributed by atoms with Gasteiger partial charge in [-0.25, -0.2) is 0 Å². The first-order valence-electron chi connectivity index (χ1n) is 5.90. The first kappa shape index (κ1) is 11.6. The number of rotatable bonds is 4. The molecule has 0 bridgehead atoms. The molecule has 1 heterocycles. The summed E-state index contributed by atoms with van der Waals surface area (Å²) < 4.78 is 0. The molecule has 88 valence electrons. The van der Waals surface area contributed by atoms with Crippen molar-refractivity contribution in [3.63, 3.8) is 0 Å². The van der Waals surface area contributed by atoms with Crippen LogP contribution in [0.5, 0.6) is 0 Å². The second-order valence-corrected chi connectivity index (χ2v) is 4.04. The minimum atomic E-state index is 0.793. The van der Waals surface area contributed by atoms with Gasteiger partial charge in [-0.05, 0) is 36.6 Å². The molecule has 0 fully saturated rings. The summed E-state index contributed by atoms with van der Waals surface area (Å²) in [5, 5.41) is 11.4. The third-order valence-corrected chi connectivity index (χ3v) is 2.76. The molecule has 0 aliphatic rings. The molecule has 2 rings (SSSR count). The Bertz CT molecular complexity index is 477. The molecular weight excluding hydrogens is 210 g/mol. The Labute approximate surface area is 102 Å². The quantitative estimate of drug-likeness (QED) is 0.872. The first-order chi connectivity index (χ1) is 8.29. The van der Waals surface area contributed by atoms with E-state index in [0.29, 0.717) is 0 Å². The van der Waals surface area contributed by atoms with Gasteiger partial charge in [0, 0.05) is 6.54 Å². The minimum absolute atomic E-state index is 0.793. The fraction of sp³-hybridized carbons (Fsp3) is 0.286. The van der Waals surface area contributed by atoms with Crippen LogP contribution in [-0.2, 0) is 13.0 Å². The highest BCUT2D eigenvalue weighted by Crippen LogP contribution is 2.11. The van der Waals surface area contributed by atoms with Gasteiger partial charge in [0.25, 0.3) is 0 Å². The van der Waals surface area contributed by atoms with Gasteiger partial charge in [-0.15, -0.1) is 5.10 Å². The van der Waals surface area contributed by atoms with Crippen molar-refractivity contribution >= 4 is 5.82 Å². The molecule has 3 heteroatoms. The van der Waals surface area contributed by atoms with Gasteiger partial charge in [-0.1, -0.05) is 31.2 Å². The van der Waals surface area contributed by atoms with Gasteiger partial charge in [0.15, 0.2) is 0 Å². The molecule has 0 unspecified atom stereocenters. The molecule has 1 aromatic heterocycles. The van der Waals surface area contributed by atoms with Gasteiger partial charge < -0.3 is 5.32 Å². The molecule has 0 aliphatic heterocycles. The second-order valence-electron chi connectivity index (χ2n) is 4.04.